The van der Waals surface area contributed by atoms with Gasteiger partial charge in [-0.05, 0) is 32.1 Å². The van der Waals surface area contributed by atoms with Gasteiger partial charge in [0.1, 0.15) is 0 Å². The number of benzene rings is 1. The van der Waals surface area contributed by atoms with E-state index < -0.39 is 5.97 Å². The van der Waals surface area contributed by atoms with Crippen LogP contribution in [-0.4, -0.2) is 35.3 Å². The van der Waals surface area contributed by atoms with E-state index in [0.29, 0.717) is 6.61 Å². The van der Waals surface area contributed by atoms with E-state index in [2.05, 4.69) is 10.1 Å². The highest BCUT2D eigenvalue weighted by Gasteiger charge is 2.39. The summed E-state index contributed by atoms with van der Waals surface area (Å²) in [5.74, 6) is -0.196. The maximum absolute atomic E-state index is 12.1. The minimum atomic E-state index is -0.444. The molecule has 0 saturated heterocycles. The van der Waals surface area contributed by atoms with Gasteiger partial charge in [-0.25, -0.2) is 14.8 Å². The number of nitrogens with zero attached hydrogens (tertiary/aromatic N) is 4. The molecule has 0 saturated carbocycles. The van der Waals surface area contributed by atoms with E-state index in [9.17, 15) is 4.79 Å². The Morgan fingerprint density at radius 1 is 1.33 bits per heavy atom. The lowest BCUT2D eigenvalue weighted by Crippen LogP contribution is -2.42. The molecular weight excluding hydrogens is 268 g/mol. The van der Waals surface area contributed by atoms with Gasteiger partial charge in [0, 0.05) is 11.9 Å². The van der Waals surface area contributed by atoms with Crippen LogP contribution in [-0.2, 0) is 9.53 Å². The van der Waals surface area contributed by atoms with Crippen LogP contribution >= 0.6 is 0 Å². The van der Waals surface area contributed by atoms with E-state index >= 15 is 0 Å². The second-order valence-electron chi connectivity index (χ2n) is 4.66. The van der Waals surface area contributed by atoms with Crippen LogP contribution in [0.2, 0.25) is 0 Å². The Balaban J connectivity index is 1.99. The van der Waals surface area contributed by atoms with Crippen molar-refractivity contribution in [1.82, 2.24) is 4.90 Å². The zero-order valence-electron chi connectivity index (χ0n) is 11.9. The molecule has 0 amide bonds. The number of hydrogen-bond donors (Lipinski definition) is 0. The maximum Gasteiger partial charge on any atom is 0.376 e. The number of anilines is 1. The molecule has 1 unspecified atom stereocenters. The molecule has 0 aliphatic carbocycles. The number of allylic oxidation sites excluding steroid dienone is 1. The molecule has 6 nitrogen and oxygen atoms in total. The first-order valence-electron chi connectivity index (χ1n) is 6.81. The van der Waals surface area contributed by atoms with E-state index in [4.69, 9.17) is 4.74 Å². The average Bonchev–Trinajstić information content (AvgIpc) is 2.87. The number of aliphatic imine (C=N–C) groups is 1. The molecule has 3 rings (SSSR count). The standard InChI is InChI=1S/C15H16N4O2/c1-3-21-14(20)13-17-19(12-7-5-4-6-8-12)15-16-11(2)9-10-18(13)15/h4-10,15H,3H2,1-2H3. The smallest absolute Gasteiger partial charge is 0.376 e. The summed E-state index contributed by atoms with van der Waals surface area (Å²) in [7, 11) is 0. The monoisotopic (exact) mass is 284 g/mol. The molecule has 21 heavy (non-hydrogen) atoms. The molecule has 6 heteroatoms. The van der Waals surface area contributed by atoms with Crippen LogP contribution in [0.5, 0.6) is 0 Å². The van der Waals surface area contributed by atoms with E-state index in [1.807, 2.05) is 49.5 Å². The van der Waals surface area contributed by atoms with Crippen LogP contribution in [0.4, 0.5) is 5.69 Å². The number of ether oxygens (including phenoxy) is 1. The molecule has 2 heterocycles. The summed E-state index contributed by atoms with van der Waals surface area (Å²) in [5.41, 5.74) is 1.76. The average molecular weight is 284 g/mol. The first kappa shape index (κ1) is 13.4. The minimum Gasteiger partial charge on any atom is -0.460 e. The lowest BCUT2D eigenvalue weighted by atomic mass is 10.3. The summed E-state index contributed by atoms with van der Waals surface area (Å²) >= 11 is 0. The number of hydrogen-bond acceptors (Lipinski definition) is 6. The van der Waals surface area contributed by atoms with Gasteiger partial charge >= 0.3 is 5.97 Å². The van der Waals surface area contributed by atoms with Crippen LogP contribution in [0.1, 0.15) is 13.8 Å². The van der Waals surface area contributed by atoms with Gasteiger partial charge in [0.15, 0.2) is 0 Å². The molecule has 0 aromatic heterocycles. The van der Waals surface area contributed by atoms with E-state index in [0.717, 1.165) is 11.4 Å². The number of para-hydroxylation sites is 1. The first-order chi connectivity index (χ1) is 10.2. The largest absolute Gasteiger partial charge is 0.460 e. The van der Waals surface area contributed by atoms with Crippen molar-refractivity contribution in [3.8, 4) is 0 Å². The fraction of sp³-hybridized carbons (Fsp3) is 0.267. The highest BCUT2D eigenvalue weighted by atomic mass is 16.5. The highest BCUT2D eigenvalue weighted by Crippen LogP contribution is 2.28. The van der Waals surface area contributed by atoms with Crippen molar-refractivity contribution in [1.29, 1.82) is 0 Å². The van der Waals surface area contributed by atoms with Crippen molar-refractivity contribution >= 4 is 23.2 Å². The topological polar surface area (TPSA) is 57.5 Å². The van der Waals surface area contributed by atoms with Gasteiger partial charge in [-0.3, -0.25) is 4.90 Å². The van der Waals surface area contributed by atoms with Gasteiger partial charge in [0.25, 0.3) is 0 Å². The first-order valence-corrected chi connectivity index (χ1v) is 6.81. The number of carbonyl (C=O) groups excluding carboxylic acids is 1. The van der Waals surface area contributed by atoms with Gasteiger partial charge in [-0.1, -0.05) is 18.2 Å². The fourth-order valence-corrected chi connectivity index (χ4v) is 2.22. The lowest BCUT2D eigenvalue weighted by Gasteiger charge is -2.28. The molecule has 0 radical (unpaired) electrons. The molecule has 1 aromatic carbocycles. The van der Waals surface area contributed by atoms with Gasteiger partial charge < -0.3 is 4.74 Å². The van der Waals surface area contributed by atoms with E-state index in [1.54, 1.807) is 16.8 Å². The summed E-state index contributed by atoms with van der Waals surface area (Å²) in [6.45, 7) is 4.00. The number of amidine groups is 1. The SMILES string of the molecule is CCOC(=O)C1=NN(c2ccccc2)C2N=C(C)C=CN12. The summed E-state index contributed by atoms with van der Waals surface area (Å²) in [6, 6.07) is 9.64. The summed E-state index contributed by atoms with van der Waals surface area (Å²) in [4.78, 5) is 18.3. The van der Waals surface area contributed by atoms with Crippen LogP contribution in [0.15, 0.2) is 52.7 Å². The van der Waals surface area contributed by atoms with Crippen molar-refractivity contribution in [2.24, 2.45) is 10.1 Å². The Hall–Kier alpha value is -2.63. The summed E-state index contributed by atoms with van der Waals surface area (Å²) in [6.07, 6.45) is 3.28. The maximum atomic E-state index is 12.1. The molecule has 0 bridgehead atoms. The number of rotatable bonds is 3. The second-order valence-corrected chi connectivity index (χ2v) is 4.66. The Bertz CT molecular complexity index is 636. The fourth-order valence-electron chi connectivity index (χ4n) is 2.22. The van der Waals surface area contributed by atoms with Gasteiger partial charge in [-0.15, -0.1) is 5.10 Å². The molecule has 0 fully saturated rings. The third-order valence-electron chi connectivity index (χ3n) is 3.19. The van der Waals surface area contributed by atoms with Gasteiger partial charge in [0.2, 0.25) is 12.1 Å². The number of hydrazone groups is 1. The molecule has 1 aromatic rings. The second kappa shape index (κ2) is 5.40. The number of carbonyl (C=O) groups is 1. The molecule has 0 N–H and O–H groups in total. The van der Waals surface area contributed by atoms with Crippen LogP contribution in [0.3, 0.4) is 0 Å². The summed E-state index contributed by atoms with van der Waals surface area (Å²) < 4.78 is 5.07. The van der Waals surface area contributed by atoms with Gasteiger partial charge in [0.05, 0.1) is 12.3 Å². The van der Waals surface area contributed by atoms with E-state index in [1.165, 1.54) is 0 Å². The van der Waals surface area contributed by atoms with Crippen molar-refractivity contribution in [3.05, 3.63) is 42.6 Å². The quantitative estimate of drug-likeness (QED) is 0.796. The Kier molecular flexibility index (Phi) is 3.43. The molecule has 2 aliphatic heterocycles. The normalized spacial score (nSPS) is 20.0. The molecule has 2 aliphatic rings. The Labute approximate surface area is 123 Å². The molecule has 0 spiro atoms. The summed E-state index contributed by atoms with van der Waals surface area (Å²) in [5, 5.41) is 6.12. The zero-order valence-corrected chi connectivity index (χ0v) is 11.9. The number of esters is 1. The molecule has 1 atom stereocenters. The number of fused-ring (bicyclic) bond motifs is 1. The zero-order chi connectivity index (χ0) is 14.8. The van der Waals surface area contributed by atoms with Crippen molar-refractivity contribution < 1.29 is 9.53 Å². The highest BCUT2D eigenvalue weighted by molar-refractivity contribution is 6.36. The third-order valence-corrected chi connectivity index (χ3v) is 3.19. The molecule has 108 valence electrons. The van der Waals surface area contributed by atoms with Crippen LogP contribution < -0.4 is 5.01 Å². The van der Waals surface area contributed by atoms with Crippen molar-refractivity contribution in [3.63, 3.8) is 0 Å². The van der Waals surface area contributed by atoms with Crippen LogP contribution in [0, 0.1) is 0 Å². The van der Waals surface area contributed by atoms with Crippen LogP contribution in [0.25, 0.3) is 0 Å². The van der Waals surface area contributed by atoms with E-state index in [-0.39, 0.29) is 12.1 Å². The van der Waals surface area contributed by atoms with Gasteiger partial charge in [-0.2, -0.15) is 0 Å². The third kappa shape index (κ3) is 2.40. The Morgan fingerprint density at radius 3 is 2.81 bits per heavy atom. The Morgan fingerprint density at radius 2 is 2.10 bits per heavy atom. The minimum absolute atomic E-state index is 0.248. The van der Waals surface area contributed by atoms with Crippen molar-refractivity contribution in [2.45, 2.75) is 20.1 Å². The van der Waals surface area contributed by atoms with Crippen molar-refractivity contribution in [2.75, 3.05) is 11.6 Å². The predicted molar refractivity (Wildman–Crippen MR) is 80.9 cm³/mol. The lowest BCUT2D eigenvalue weighted by molar-refractivity contribution is -0.135. The predicted octanol–water partition coefficient (Wildman–Crippen LogP) is 1.96. The molecular formula is C15H16N4O2.